The third kappa shape index (κ3) is 3.36. The van der Waals surface area contributed by atoms with Crippen molar-refractivity contribution in [2.45, 2.75) is 20.0 Å². The maximum atomic E-state index is 10.6. The summed E-state index contributed by atoms with van der Waals surface area (Å²) in [6.07, 6.45) is -0.184. The van der Waals surface area contributed by atoms with E-state index >= 15 is 0 Å². The van der Waals surface area contributed by atoms with Crippen LogP contribution < -0.4 is 5.48 Å². The van der Waals surface area contributed by atoms with Crippen molar-refractivity contribution in [3.8, 4) is 0 Å². The van der Waals surface area contributed by atoms with Crippen molar-refractivity contribution in [3.63, 3.8) is 0 Å². The minimum absolute atomic E-state index is 0.184. The molecule has 3 nitrogen and oxygen atoms in total. The first kappa shape index (κ1) is 11.0. The number of hydroxylamine groups is 1. The molecule has 1 aromatic rings. The Labute approximate surface area is 88.0 Å². The number of carbonyl (C=O) groups is 1. The largest absolute Gasteiger partial charge is 0.273 e. The van der Waals surface area contributed by atoms with Crippen LogP contribution in [-0.2, 0) is 9.63 Å². The van der Waals surface area contributed by atoms with Gasteiger partial charge in [-0.05, 0) is 24.6 Å². The predicted molar refractivity (Wildman–Crippen MR) is 54.8 cm³/mol. The maximum absolute atomic E-state index is 10.6. The van der Waals surface area contributed by atoms with Crippen molar-refractivity contribution in [1.82, 2.24) is 5.48 Å². The molecule has 1 rings (SSSR count). The van der Waals surface area contributed by atoms with Crippen LogP contribution in [0.2, 0.25) is 5.02 Å². The van der Waals surface area contributed by atoms with Gasteiger partial charge in [0.1, 0.15) is 6.10 Å². The molecule has 1 amide bonds. The molecule has 0 saturated heterocycles. The summed E-state index contributed by atoms with van der Waals surface area (Å²) in [7, 11) is 0. The van der Waals surface area contributed by atoms with Crippen LogP contribution in [0.15, 0.2) is 24.3 Å². The van der Waals surface area contributed by atoms with Crippen molar-refractivity contribution < 1.29 is 9.63 Å². The van der Waals surface area contributed by atoms with Gasteiger partial charge in [0, 0.05) is 11.9 Å². The summed E-state index contributed by atoms with van der Waals surface area (Å²) in [4.78, 5) is 15.7. The third-order valence-electron chi connectivity index (χ3n) is 1.72. The Morgan fingerprint density at radius 2 is 2.00 bits per heavy atom. The number of hydrogen-bond donors (Lipinski definition) is 1. The van der Waals surface area contributed by atoms with E-state index in [1.807, 2.05) is 19.1 Å². The van der Waals surface area contributed by atoms with E-state index in [2.05, 4.69) is 5.48 Å². The van der Waals surface area contributed by atoms with Crippen molar-refractivity contribution >= 4 is 17.5 Å². The fourth-order valence-corrected chi connectivity index (χ4v) is 1.10. The van der Waals surface area contributed by atoms with Crippen LogP contribution in [0.4, 0.5) is 0 Å². The molecule has 1 N–H and O–H groups in total. The molecule has 0 bridgehead atoms. The molecule has 1 atom stereocenters. The van der Waals surface area contributed by atoms with Gasteiger partial charge in [-0.15, -0.1) is 0 Å². The molecule has 0 radical (unpaired) electrons. The molecule has 76 valence electrons. The van der Waals surface area contributed by atoms with Gasteiger partial charge in [-0.2, -0.15) is 0 Å². The van der Waals surface area contributed by atoms with E-state index in [1.165, 1.54) is 6.92 Å². The lowest BCUT2D eigenvalue weighted by Gasteiger charge is -2.12. The number of halogens is 1. The molecule has 1 aromatic carbocycles. The molecular formula is C10H12ClNO2. The fraction of sp³-hybridized carbons (Fsp3) is 0.300. The lowest BCUT2D eigenvalue weighted by molar-refractivity contribution is -0.135. The monoisotopic (exact) mass is 213 g/mol. The minimum atomic E-state index is -0.217. The Bertz CT molecular complexity index is 310. The van der Waals surface area contributed by atoms with E-state index in [1.54, 1.807) is 12.1 Å². The molecular weight excluding hydrogens is 202 g/mol. The molecule has 0 fully saturated rings. The highest BCUT2D eigenvalue weighted by molar-refractivity contribution is 6.30. The molecule has 0 aromatic heterocycles. The number of rotatable bonds is 3. The molecule has 0 heterocycles. The summed E-state index contributed by atoms with van der Waals surface area (Å²) < 4.78 is 0. The highest BCUT2D eigenvalue weighted by atomic mass is 35.5. The second-order valence-electron chi connectivity index (χ2n) is 2.97. The van der Waals surface area contributed by atoms with Crippen LogP contribution in [0.1, 0.15) is 25.5 Å². The highest BCUT2D eigenvalue weighted by Gasteiger charge is 2.05. The van der Waals surface area contributed by atoms with E-state index in [-0.39, 0.29) is 12.0 Å². The summed E-state index contributed by atoms with van der Waals surface area (Å²) >= 11 is 5.73. The zero-order chi connectivity index (χ0) is 10.6. The van der Waals surface area contributed by atoms with Gasteiger partial charge in [0.15, 0.2) is 0 Å². The second-order valence-corrected chi connectivity index (χ2v) is 3.41. The number of nitrogens with one attached hydrogen (secondary N) is 1. The fourth-order valence-electron chi connectivity index (χ4n) is 0.973. The Kier molecular flexibility index (Phi) is 3.92. The van der Waals surface area contributed by atoms with E-state index in [9.17, 15) is 4.79 Å². The topological polar surface area (TPSA) is 38.3 Å². The normalized spacial score (nSPS) is 12.2. The Hall–Kier alpha value is -1.06. The van der Waals surface area contributed by atoms with E-state index < -0.39 is 0 Å². The molecule has 0 aliphatic carbocycles. The average molecular weight is 214 g/mol. The zero-order valence-electron chi connectivity index (χ0n) is 8.08. The summed E-state index contributed by atoms with van der Waals surface area (Å²) in [5.41, 5.74) is 3.25. The molecule has 0 aliphatic heterocycles. The van der Waals surface area contributed by atoms with Crippen LogP contribution in [0.5, 0.6) is 0 Å². The van der Waals surface area contributed by atoms with Crippen LogP contribution in [-0.4, -0.2) is 5.91 Å². The summed E-state index contributed by atoms with van der Waals surface area (Å²) in [5.74, 6) is -0.217. The lowest BCUT2D eigenvalue weighted by atomic mass is 10.1. The Balaban J connectivity index is 2.56. The Morgan fingerprint density at radius 1 is 1.43 bits per heavy atom. The van der Waals surface area contributed by atoms with E-state index in [0.29, 0.717) is 5.02 Å². The summed E-state index contributed by atoms with van der Waals surface area (Å²) in [6.45, 7) is 3.24. The second kappa shape index (κ2) is 4.98. The standard InChI is InChI=1S/C10H12ClNO2/c1-7(14-12-8(2)13)9-3-5-10(11)6-4-9/h3-7H,1-2H3,(H,12,13). The molecule has 0 saturated carbocycles. The van der Waals surface area contributed by atoms with Gasteiger partial charge >= 0.3 is 0 Å². The van der Waals surface area contributed by atoms with Crippen molar-refractivity contribution in [3.05, 3.63) is 34.9 Å². The number of amides is 1. The quantitative estimate of drug-likeness (QED) is 0.784. The maximum Gasteiger partial charge on any atom is 0.240 e. The summed E-state index contributed by atoms with van der Waals surface area (Å²) in [5, 5.41) is 0.681. The first-order valence-corrected chi connectivity index (χ1v) is 4.65. The Morgan fingerprint density at radius 3 is 2.50 bits per heavy atom. The van der Waals surface area contributed by atoms with Gasteiger partial charge < -0.3 is 0 Å². The minimum Gasteiger partial charge on any atom is -0.273 e. The SMILES string of the molecule is CC(=O)NOC(C)c1ccc(Cl)cc1. The first-order valence-electron chi connectivity index (χ1n) is 4.27. The van der Waals surface area contributed by atoms with Crippen molar-refractivity contribution in [2.75, 3.05) is 0 Å². The molecule has 0 spiro atoms. The van der Waals surface area contributed by atoms with Crippen LogP contribution >= 0.6 is 11.6 Å². The molecule has 4 heteroatoms. The van der Waals surface area contributed by atoms with Crippen molar-refractivity contribution in [1.29, 1.82) is 0 Å². The smallest absolute Gasteiger partial charge is 0.240 e. The van der Waals surface area contributed by atoms with Gasteiger partial charge in [0.05, 0.1) is 0 Å². The number of hydrogen-bond acceptors (Lipinski definition) is 2. The van der Waals surface area contributed by atoms with Gasteiger partial charge in [-0.3, -0.25) is 9.63 Å². The zero-order valence-corrected chi connectivity index (χ0v) is 8.84. The van der Waals surface area contributed by atoms with Crippen LogP contribution in [0.25, 0.3) is 0 Å². The average Bonchev–Trinajstić information content (AvgIpc) is 2.15. The highest BCUT2D eigenvalue weighted by Crippen LogP contribution is 2.17. The van der Waals surface area contributed by atoms with Crippen molar-refractivity contribution in [2.24, 2.45) is 0 Å². The van der Waals surface area contributed by atoms with E-state index in [0.717, 1.165) is 5.56 Å². The molecule has 14 heavy (non-hydrogen) atoms. The first-order chi connectivity index (χ1) is 6.59. The van der Waals surface area contributed by atoms with Gasteiger partial charge in [0.2, 0.25) is 5.91 Å². The van der Waals surface area contributed by atoms with Gasteiger partial charge in [-0.25, -0.2) is 5.48 Å². The summed E-state index contributed by atoms with van der Waals surface area (Å²) in [6, 6.07) is 7.28. The number of benzene rings is 1. The predicted octanol–water partition coefficient (Wildman–Crippen LogP) is 2.47. The van der Waals surface area contributed by atoms with Crippen LogP contribution in [0, 0.1) is 0 Å². The lowest BCUT2D eigenvalue weighted by Crippen LogP contribution is -2.22. The van der Waals surface area contributed by atoms with Gasteiger partial charge in [-0.1, -0.05) is 23.7 Å². The van der Waals surface area contributed by atoms with E-state index in [4.69, 9.17) is 16.4 Å². The third-order valence-corrected chi connectivity index (χ3v) is 1.97. The molecule has 1 unspecified atom stereocenters. The molecule has 0 aliphatic rings. The van der Waals surface area contributed by atoms with Gasteiger partial charge in [0.25, 0.3) is 0 Å². The number of carbonyl (C=O) groups excluding carboxylic acids is 1. The van der Waals surface area contributed by atoms with Crippen LogP contribution in [0.3, 0.4) is 0 Å².